The second-order valence-corrected chi connectivity index (χ2v) is 9.00. The molecule has 0 aromatic heterocycles. The fourth-order valence-corrected chi connectivity index (χ4v) is 4.52. The molecule has 5 nitrogen and oxygen atoms in total. The van der Waals surface area contributed by atoms with E-state index in [2.05, 4.69) is 0 Å². The molecule has 0 saturated carbocycles. The van der Waals surface area contributed by atoms with Crippen LogP contribution in [-0.4, -0.2) is 29.5 Å². The lowest BCUT2D eigenvalue weighted by Gasteiger charge is -2.43. The molecule has 39 heavy (non-hydrogen) atoms. The summed E-state index contributed by atoms with van der Waals surface area (Å²) >= 11 is 0. The molecule has 0 fully saturated rings. The third kappa shape index (κ3) is 6.59. The Bertz CT molecular complexity index is 1210. The highest BCUT2D eigenvalue weighted by Gasteiger charge is 2.42. The molecule has 2 aromatic carbocycles. The molecule has 3 rings (SSSR count). The van der Waals surface area contributed by atoms with Crippen LogP contribution in [0.4, 0.5) is 50.0 Å². The molecule has 214 valence electrons. The van der Waals surface area contributed by atoms with Gasteiger partial charge in [0.25, 0.3) is 0 Å². The van der Waals surface area contributed by atoms with Crippen molar-refractivity contribution in [2.24, 2.45) is 0 Å². The summed E-state index contributed by atoms with van der Waals surface area (Å²) < 4.78 is 126. The van der Waals surface area contributed by atoms with Crippen LogP contribution in [0.1, 0.15) is 61.1 Å². The summed E-state index contributed by atoms with van der Waals surface area (Å²) in [6, 6.07) is 1.32. The number of amides is 2. The van der Waals surface area contributed by atoms with Gasteiger partial charge in [0.05, 0.1) is 35.0 Å². The Labute approximate surface area is 217 Å². The van der Waals surface area contributed by atoms with Gasteiger partial charge in [-0.05, 0) is 67.8 Å². The number of ether oxygens (including phenoxy) is 1. The van der Waals surface area contributed by atoms with Crippen LogP contribution in [0.2, 0.25) is 0 Å². The van der Waals surface area contributed by atoms with Gasteiger partial charge in [-0.25, -0.2) is 4.79 Å². The summed E-state index contributed by atoms with van der Waals surface area (Å²) in [7, 11) is 0. The molecule has 0 aliphatic carbocycles. The topological polar surface area (TPSA) is 49.9 Å². The minimum atomic E-state index is -5.13. The first-order valence-electron chi connectivity index (χ1n) is 11.6. The minimum Gasteiger partial charge on any atom is -0.449 e. The van der Waals surface area contributed by atoms with E-state index >= 15 is 0 Å². The lowest BCUT2D eigenvalue weighted by Crippen LogP contribution is -2.47. The highest BCUT2D eigenvalue weighted by Crippen LogP contribution is 2.44. The van der Waals surface area contributed by atoms with Crippen LogP contribution in [-0.2, 0) is 34.6 Å². The lowest BCUT2D eigenvalue weighted by molar-refractivity contribution is -0.143. The van der Waals surface area contributed by atoms with Crippen molar-refractivity contribution in [1.29, 1.82) is 0 Å². The monoisotopic (exact) mass is 570 g/mol. The standard InChI is InChI=1S/C25H23F9N2O3/c1-4-39-22(38)36-13(2)7-21(19-11-16(23(26,27)28)5-6-20(19)36)35(14(3)37)12-15-8-17(24(29,30)31)10-18(9-15)25(32,33)34/h5-6,8-11,13,21H,4,7,12H2,1-3H3/t13-,21+/m1/s1. The number of halogens is 9. The third-order valence-corrected chi connectivity index (χ3v) is 6.22. The van der Waals surface area contributed by atoms with Crippen LogP contribution in [0.5, 0.6) is 0 Å². The quantitative estimate of drug-likeness (QED) is 0.356. The number of hydrogen-bond acceptors (Lipinski definition) is 3. The molecule has 2 amide bonds. The van der Waals surface area contributed by atoms with Gasteiger partial charge < -0.3 is 9.64 Å². The van der Waals surface area contributed by atoms with Crippen molar-refractivity contribution in [3.05, 3.63) is 64.2 Å². The van der Waals surface area contributed by atoms with Gasteiger partial charge in [0.15, 0.2) is 0 Å². The van der Waals surface area contributed by atoms with Crippen molar-refractivity contribution in [3.8, 4) is 0 Å². The molecule has 0 radical (unpaired) electrons. The second-order valence-electron chi connectivity index (χ2n) is 9.00. The van der Waals surface area contributed by atoms with E-state index in [9.17, 15) is 49.1 Å². The zero-order valence-corrected chi connectivity index (χ0v) is 20.8. The smallest absolute Gasteiger partial charge is 0.416 e. The van der Waals surface area contributed by atoms with E-state index in [0.29, 0.717) is 18.2 Å². The molecule has 0 unspecified atom stereocenters. The number of fused-ring (bicyclic) bond motifs is 1. The molecular weight excluding hydrogens is 547 g/mol. The Morgan fingerprint density at radius 2 is 1.44 bits per heavy atom. The summed E-state index contributed by atoms with van der Waals surface area (Å²) in [5.74, 6) is -0.814. The fraction of sp³-hybridized carbons (Fsp3) is 0.440. The molecule has 14 heteroatoms. The SMILES string of the molecule is CCOC(=O)N1c2ccc(C(F)(F)F)cc2[C@@H](N(Cc2cc(C(F)(F)F)cc(C(F)(F)F)c2)C(C)=O)C[C@H]1C. The van der Waals surface area contributed by atoms with Gasteiger partial charge >= 0.3 is 24.6 Å². The first-order chi connectivity index (χ1) is 17.8. The van der Waals surface area contributed by atoms with Crippen molar-refractivity contribution >= 4 is 17.7 Å². The maximum atomic E-state index is 13.6. The average Bonchev–Trinajstić information content (AvgIpc) is 2.79. The summed E-state index contributed by atoms with van der Waals surface area (Å²) in [6.45, 7) is 3.22. The van der Waals surface area contributed by atoms with E-state index in [1.807, 2.05) is 0 Å². The molecule has 1 heterocycles. The number of anilines is 1. The van der Waals surface area contributed by atoms with Gasteiger partial charge in [-0.2, -0.15) is 39.5 Å². The number of benzene rings is 2. The number of carbonyl (C=O) groups excluding carboxylic acids is 2. The van der Waals surface area contributed by atoms with Crippen LogP contribution in [0.25, 0.3) is 0 Å². The fourth-order valence-electron chi connectivity index (χ4n) is 4.52. The van der Waals surface area contributed by atoms with E-state index in [1.165, 1.54) is 13.8 Å². The Morgan fingerprint density at radius 1 is 0.897 bits per heavy atom. The van der Waals surface area contributed by atoms with E-state index in [-0.39, 0.29) is 30.3 Å². The number of carbonyl (C=O) groups is 2. The number of alkyl halides is 9. The molecular formula is C25H23F9N2O3. The van der Waals surface area contributed by atoms with Crippen molar-refractivity contribution in [1.82, 2.24) is 4.90 Å². The first-order valence-corrected chi connectivity index (χ1v) is 11.6. The average molecular weight is 570 g/mol. The number of hydrogen-bond donors (Lipinski definition) is 0. The molecule has 0 saturated heterocycles. The van der Waals surface area contributed by atoms with Crippen LogP contribution in [0.15, 0.2) is 36.4 Å². The highest BCUT2D eigenvalue weighted by atomic mass is 19.4. The molecule has 0 bridgehead atoms. The molecule has 1 aliphatic rings. The second kappa shape index (κ2) is 10.6. The zero-order valence-electron chi connectivity index (χ0n) is 20.8. The van der Waals surface area contributed by atoms with Gasteiger partial charge in [-0.1, -0.05) is 0 Å². The summed E-state index contributed by atoms with van der Waals surface area (Å²) in [4.78, 5) is 27.3. The van der Waals surface area contributed by atoms with Crippen LogP contribution in [0.3, 0.4) is 0 Å². The molecule has 2 atom stereocenters. The predicted molar refractivity (Wildman–Crippen MR) is 120 cm³/mol. The van der Waals surface area contributed by atoms with Gasteiger partial charge in [0.1, 0.15) is 0 Å². The summed E-state index contributed by atoms with van der Waals surface area (Å²) in [6.07, 6.45) is -16.1. The van der Waals surface area contributed by atoms with Crippen LogP contribution < -0.4 is 4.90 Å². The number of rotatable bonds is 4. The van der Waals surface area contributed by atoms with Gasteiger partial charge in [-0.3, -0.25) is 9.69 Å². The van der Waals surface area contributed by atoms with Gasteiger partial charge in [-0.15, -0.1) is 0 Å². The molecule has 1 aliphatic heterocycles. The zero-order chi connectivity index (χ0) is 29.5. The minimum absolute atomic E-state index is 0.0310. The van der Waals surface area contributed by atoms with Crippen molar-refractivity contribution in [3.63, 3.8) is 0 Å². The number of nitrogens with zero attached hydrogens (tertiary/aromatic N) is 2. The first kappa shape index (κ1) is 30.1. The normalized spacial score (nSPS) is 18.0. The highest BCUT2D eigenvalue weighted by molar-refractivity contribution is 5.90. The van der Waals surface area contributed by atoms with Gasteiger partial charge in [0, 0.05) is 19.5 Å². The predicted octanol–water partition coefficient (Wildman–Crippen LogP) is 7.59. The lowest BCUT2D eigenvalue weighted by atomic mass is 9.89. The molecule has 0 spiro atoms. The Balaban J connectivity index is 2.17. The van der Waals surface area contributed by atoms with E-state index < -0.39 is 71.4 Å². The molecule has 2 aromatic rings. The Morgan fingerprint density at radius 3 is 1.90 bits per heavy atom. The van der Waals surface area contributed by atoms with Crippen LogP contribution in [0, 0.1) is 0 Å². The maximum absolute atomic E-state index is 13.6. The van der Waals surface area contributed by atoms with Gasteiger partial charge in [0.2, 0.25) is 5.91 Å². The van der Waals surface area contributed by atoms with Crippen LogP contribution >= 0.6 is 0 Å². The molecule has 0 N–H and O–H groups in total. The van der Waals surface area contributed by atoms with E-state index in [0.717, 1.165) is 28.9 Å². The third-order valence-electron chi connectivity index (χ3n) is 6.22. The van der Waals surface area contributed by atoms with Crippen molar-refractivity contribution in [2.75, 3.05) is 11.5 Å². The van der Waals surface area contributed by atoms with Crippen molar-refractivity contribution in [2.45, 2.75) is 64.3 Å². The largest absolute Gasteiger partial charge is 0.449 e. The van der Waals surface area contributed by atoms with E-state index in [4.69, 9.17) is 4.74 Å². The maximum Gasteiger partial charge on any atom is 0.416 e. The van der Waals surface area contributed by atoms with E-state index in [1.54, 1.807) is 0 Å². The summed E-state index contributed by atoms with van der Waals surface area (Å²) in [5.41, 5.74) is -5.03. The Kier molecular flexibility index (Phi) is 8.19. The van der Waals surface area contributed by atoms with Crippen molar-refractivity contribution < 1.29 is 53.8 Å². The Hall–Kier alpha value is -3.45. The summed E-state index contributed by atoms with van der Waals surface area (Å²) in [5, 5.41) is 0.